The lowest BCUT2D eigenvalue weighted by molar-refractivity contribution is -0.137. The van der Waals surface area contributed by atoms with Gasteiger partial charge in [0, 0.05) is 17.7 Å². The van der Waals surface area contributed by atoms with E-state index < -0.39 is 12.0 Å². The highest BCUT2D eigenvalue weighted by Gasteiger charge is 2.21. The molecule has 10 heteroatoms. The van der Waals surface area contributed by atoms with Gasteiger partial charge in [0.1, 0.15) is 17.7 Å². The van der Waals surface area contributed by atoms with Crippen molar-refractivity contribution in [3.05, 3.63) is 89.0 Å². The molecule has 0 amide bonds. The first-order valence-electron chi connectivity index (χ1n) is 12.4. The lowest BCUT2D eigenvalue weighted by Gasteiger charge is -2.20. The first kappa shape index (κ1) is 24.9. The summed E-state index contributed by atoms with van der Waals surface area (Å²) in [5, 5.41) is 23.4. The molecule has 1 atom stereocenters. The van der Waals surface area contributed by atoms with E-state index >= 15 is 0 Å². The second kappa shape index (κ2) is 10.7. The van der Waals surface area contributed by atoms with E-state index in [4.69, 9.17) is 0 Å². The number of carboxylic acid groups (broad SMARTS) is 1. The van der Waals surface area contributed by atoms with Gasteiger partial charge in [0.25, 0.3) is 0 Å². The SMILES string of the molecule is CCc1cc(F)cc(C)c1NC(Cc1ccc(-c2n[nH]c(CNc3nc4ccccc4[nH]3)n2)cc1)C(=O)O. The molecule has 0 aliphatic rings. The fraction of sp³-hybridized carbons (Fsp3) is 0.214. The monoisotopic (exact) mass is 513 g/mol. The third-order valence-electron chi connectivity index (χ3n) is 6.38. The molecule has 0 aliphatic carbocycles. The van der Waals surface area contributed by atoms with Crippen molar-refractivity contribution in [3.63, 3.8) is 0 Å². The number of nitrogens with one attached hydrogen (secondary N) is 4. The van der Waals surface area contributed by atoms with E-state index in [1.807, 2.05) is 55.5 Å². The van der Waals surface area contributed by atoms with Crippen LogP contribution < -0.4 is 10.6 Å². The molecule has 0 saturated heterocycles. The third kappa shape index (κ3) is 5.49. The van der Waals surface area contributed by atoms with Crippen LogP contribution in [0.2, 0.25) is 0 Å². The van der Waals surface area contributed by atoms with Crippen molar-refractivity contribution >= 4 is 28.6 Å². The Morgan fingerprint density at radius 2 is 1.89 bits per heavy atom. The van der Waals surface area contributed by atoms with Gasteiger partial charge in [-0.1, -0.05) is 43.3 Å². The van der Waals surface area contributed by atoms with Crippen LogP contribution in [-0.2, 0) is 24.2 Å². The summed E-state index contributed by atoms with van der Waals surface area (Å²) in [4.78, 5) is 24.3. The van der Waals surface area contributed by atoms with E-state index in [9.17, 15) is 14.3 Å². The molecule has 9 nitrogen and oxygen atoms in total. The topological polar surface area (TPSA) is 132 Å². The fourth-order valence-corrected chi connectivity index (χ4v) is 4.41. The van der Waals surface area contributed by atoms with Crippen LogP contribution in [0.5, 0.6) is 0 Å². The van der Waals surface area contributed by atoms with Crippen LogP contribution in [-0.4, -0.2) is 42.3 Å². The van der Waals surface area contributed by atoms with Crippen LogP contribution in [0.4, 0.5) is 16.0 Å². The van der Waals surface area contributed by atoms with Crippen LogP contribution in [0.25, 0.3) is 22.4 Å². The first-order valence-corrected chi connectivity index (χ1v) is 12.4. The van der Waals surface area contributed by atoms with E-state index in [2.05, 4.69) is 35.8 Å². The van der Waals surface area contributed by atoms with Gasteiger partial charge in [0.05, 0.1) is 17.6 Å². The van der Waals surface area contributed by atoms with Crippen LogP contribution >= 0.6 is 0 Å². The number of aliphatic carboxylic acids is 1. The van der Waals surface area contributed by atoms with Crippen molar-refractivity contribution in [2.45, 2.75) is 39.3 Å². The van der Waals surface area contributed by atoms with Crippen molar-refractivity contribution < 1.29 is 14.3 Å². The maximum absolute atomic E-state index is 13.8. The van der Waals surface area contributed by atoms with E-state index in [0.29, 0.717) is 41.8 Å². The number of hydrogen-bond acceptors (Lipinski definition) is 6. The summed E-state index contributed by atoms with van der Waals surface area (Å²) < 4.78 is 13.8. The minimum atomic E-state index is -0.976. The molecule has 2 heterocycles. The Morgan fingerprint density at radius 3 is 2.63 bits per heavy atom. The number of carboxylic acids is 1. The highest BCUT2D eigenvalue weighted by Crippen LogP contribution is 2.25. The number of carbonyl (C=O) groups is 1. The summed E-state index contributed by atoms with van der Waals surface area (Å²) in [7, 11) is 0. The predicted molar refractivity (Wildman–Crippen MR) is 145 cm³/mol. The summed E-state index contributed by atoms with van der Waals surface area (Å²) in [5.74, 6) is 0.543. The molecule has 0 spiro atoms. The third-order valence-corrected chi connectivity index (χ3v) is 6.38. The molecule has 5 N–H and O–H groups in total. The maximum atomic E-state index is 13.8. The number of aromatic amines is 2. The molecule has 0 radical (unpaired) electrons. The summed E-state index contributed by atoms with van der Waals surface area (Å²) >= 11 is 0. The van der Waals surface area contributed by atoms with Gasteiger partial charge in [-0.15, -0.1) is 0 Å². The van der Waals surface area contributed by atoms with E-state index in [-0.39, 0.29) is 12.2 Å². The average Bonchev–Trinajstić information content (AvgIpc) is 3.55. The van der Waals surface area contributed by atoms with Crippen molar-refractivity contribution in [2.75, 3.05) is 10.6 Å². The molecule has 3 aromatic carbocycles. The summed E-state index contributed by atoms with van der Waals surface area (Å²) in [6, 6.07) is 17.3. The number of benzene rings is 3. The number of fused-ring (bicyclic) bond motifs is 1. The molecule has 2 aromatic heterocycles. The smallest absolute Gasteiger partial charge is 0.326 e. The zero-order chi connectivity index (χ0) is 26.6. The van der Waals surface area contributed by atoms with Crippen LogP contribution in [0.3, 0.4) is 0 Å². The molecule has 0 bridgehead atoms. The van der Waals surface area contributed by atoms with Gasteiger partial charge in [-0.2, -0.15) is 5.10 Å². The number of rotatable bonds is 10. The molecule has 0 saturated carbocycles. The second-order valence-electron chi connectivity index (χ2n) is 9.11. The standard InChI is InChI=1S/C28H28FN7O2/c1-3-18-14-20(29)12-16(2)25(18)31-23(27(37)38)13-17-8-10-19(11-9-17)26-34-24(35-36-26)15-30-28-32-21-6-4-5-7-22(21)33-28/h4-12,14,23,31H,3,13,15H2,1-2H3,(H,37,38)(H2,30,32,33)(H,34,35,36). The summed E-state index contributed by atoms with van der Waals surface area (Å²) in [6.07, 6.45) is 0.852. The number of hydrogen-bond donors (Lipinski definition) is 5. The molecule has 0 aliphatic heterocycles. The quantitative estimate of drug-likeness (QED) is 0.176. The first-order chi connectivity index (χ1) is 18.4. The number of aryl methyl sites for hydroxylation is 2. The van der Waals surface area contributed by atoms with Crippen molar-refractivity contribution in [1.29, 1.82) is 0 Å². The molecular formula is C28H28FN7O2. The number of anilines is 2. The lowest BCUT2D eigenvalue weighted by Crippen LogP contribution is -2.32. The predicted octanol–water partition coefficient (Wildman–Crippen LogP) is 5.08. The number of aromatic nitrogens is 5. The summed E-state index contributed by atoms with van der Waals surface area (Å²) in [6.45, 7) is 4.10. The van der Waals surface area contributed by atoms with Crippen molar-refractivity contribution in [1.82, 2.24) is 25.1 Å². The Balaban J connectivity index is 1.24. The zero-order valence-corrected chi connectivity index (χ0v) is 21.0. The van der Waals surface area contributed by atoms with Gasteiger partial charge in [-0.05, 0) is 54.3 Å². The number of nitrogens with zero attached hydrogens (tertiary/aromatic N) is 3. The Labute approximate surface area is 218 Å². The van der Waals surface area contributed by atoms with Gasteiger partial charge in [0.15, 0.2) is 5.82 Å². The second-order valence-corrected chi connectivity index (χ2v) is 9.11. The minimum absolute atomic E-state index is 0.260. The van der Waals surface area contributed by atoms with Gasteiger partial charge in [-0.3, -0.25) is 5.10 Å². The Kier molecular flexibility index (Phi) is 7.03. The average molecular weight is 514 g/mol. The molecular weight excluding hydrogens is 485 g/mol. The normalized spacial score (nSPS) is 12.0. The number of H-pyrrole nitrogens is 2. The van der Waals surface area contributed by atoms with E-state index in [1.54, 1.807) is 6.92 Å². The Hall–Kier alpha value is -4.73. The van der Waals surface area contributed by atoms with Gasteiger partial charge >= 0.3 is 5.97 Å². The molecule has 1 unspecified atom stereocenters. The minimum Gasteiger partial charge on any atom is -0.480 e. The van der Waals surface area contributed by atoms with Crippen molar-refractivity contribution in [3.8, 4) is 11.4 Å². The lowest BCUT2D eigenvalue weighted by atomic mass is 10.0. The van der Waals surface area contributed by atoms with Crippen molar-refractivity contribution in [2.24, 2.45) is 0 Å². The van der Waals surface area contributed by atoms with Crippen LogP contribution in [0.1, 0.15) is 29.4 Å². The molecule has 38 heavy (non-hydrogen) atoms. The molecule has 0 fully saturated rings. The molecule has 5 rings (SSSR count). The van der Waals surface area contributed by atoms with Gasteiger partial charge < -0.3 is 20.7 Å². The van der Waals surface area contributed by atoms with Crippen LogP contribution in [0, 0.1) is 12.7 Å². The highest BCUT2D eigenvalue weighted by atomic mass is 19.1. The zero-order valence-electron chi connectivity index (χ0n) is 21.0. The number of imidazole rings is 1. The number of halogens is 1. The van der Waals surface area contributed by atoms with Crippen LogP contribution in [0.15, 0.2) is 60.7 Å². The highest BCUT2D eigenvalue weighted by molar-refractivity contribution is 5.79. The largest absolute Gasteiger partial charge is 0.480 e. The maximum Gasteiger partial charge on any atom is 0.326 e. The molecule has 194 valence electrons. The summed E-state index contributed by atoms with van der Waals surface area (Å²) in [5.41, 5.74) is 5.58. The molecule has 5 aromatic rings. The van der Waals surface area contributed by atoms with E-state index in [0.717, 1.165) is 27.7 Å². The Morgan fingerprint density at radius 1 is 1.11 bits per heavy atom. The Bertz CT molecular complexity index is 1540. The van der Waals surface area contributed by atoms with E-state index in [1.165, 1.54) is 12.1 Å². The fourth-order valence-electron chi connectivity index (χ4n) is 4.41. The van der Waals surface area contributed by atoms with Gasteiger partial charge in [0.2, 0.25) is 5.95 Å². The number of para-hydroxylation sites is 2. The van der Waals surface area contributed by atoms with Gasteiger partial charge in [-0.25, -0.2) is 19.2 Å².